The largest absolute Gasteiger partial charge is 0.506 e. The van der Waals surface area contributed by atoms with Crippen LogP contribution in [0.2, 0.25) is 0 Å². The predicted molar refractivity (Wildman–Crippen MR) is 35.3 cm³/mol. The Morgan fingerprint density at radius 2 is 2.38 bits per heavy atom. The van der Waals surface area contributed by atoms with E-state index in [1.54, 1.807) is 7.05 Å². The topological polar surface area (TPSA) is 32.6 Å². The van der Waals surface area contributed by atoms with Crippen LogP contribution in [0.5, 0.6) is 0 Å². The summed E-state index contributed by atoms with van der Waals surface area (Å²) in [6.07, 6.45) is 4.31. The van der Waals surface area contributed by atoms with Crippen LogP contribution < -0.4 is 0 Å². The van der Waals surface area contributed by atoms with Gasteiger partial charge in [0.25, 0.3) is 0 Å². The van der Waals surface area contributed by atoms with Gasteiger partial charge in [-0.3, -0.25) is 4.99 Å². The summed E-state index contributed by atoms with van der Waals surface area (Å²) in [7, 11) is 1.59. The first-order valence-electron chi connectivity index (χ1n) is 2.25. The minimum Gasteiger partial charge on any atom is -0.506 e. The van der Waals surface area contributed by atoms with E-state index in [1.807, 2.05) is 0 Å². The van der Waals surface area contributed by atoms with Crippen molar-refractivity contribution in [2.75, 3.05) is 7.05 Å². The van der Waals surface area contributed by atoms with Gasteiger partial charge in [0.2, 0.25) is 0 Å². The number of allylic oxidation sites excluding steroid dienone is 3. The highest BCUT2D eigenvalue weighted by Gasteiger charge is 1.76. The van der Waals surface area contributed by atoms with Crippen molar-refractivity contribution in [3.05, 3.63) is 24.5 Å². The average Bonchev–Trinajstić information content (AvgIpc) is 1.68. The third kappa shape index (κ3) is 3.15. The standard InChI is InChI=1S/C6H9NO/c1-3-4-6(8)5-7-2/h3-5,8H,1H2,2H3/b6-4+,7-5-. The third-order valence-electron chi connectivity index (χ3n) is 0.550. The van der Waals surface area contributed by atoms with Crippen LogP contribution in [0.1, 0.15) is 0 Å². The van der Waals surface area contributed by atoms with Gasteiger partial charge >= 0.3 is 0 Å². The Morgan fingerprint density at radius 3 is 2.75 bits per heavy atom. The molecule has 0 aromatic heterocycles. The van der Waals surface area contributed by atoms with Crippen LogP contribution in [0.25, 0.3) is 0 Å². The van der Waals surface area contributed by atoms with Crippen LogP contribution in [0.4, 0.5) is 0 Å². The molecule has 0 rings (SSSR count). The maximum atomic E-state index is 8.69. The minimum atomic E-state index is 0.127. The van der Waals surface area contributed by atoms with E-state index in [0.717, 1.165) is 0 Å². The fourth-order valence-corrected chi connectivity index (χ4v) is 0.296. The number of aliphatic hydroxyl groups is 1. The lowest BCUT2D eigenvalue weighted by Gasteiger charge is -1.81. The van der Waals surface area contributed by atoms with Crippen LogP contribution in [-0.4, -0.2) is 18.4 Å². The molecule has 0 aliphatic rings. The van der Waals surface area contributed by atoms with Crippen molar-refractivity contribution >= 4 is 6.21 Å². The van der Waals surface area contributed by atoms with Crippen molar-refractivity contribution in [2.24, 2.45) is 4.99 Å². The zero-order valence-electron chi connectivity index (χ0n) is 4.83. The van der Waals surface area contributed by atoms with Crippen LogP contribution in [-0.2, 0) is 0 Å². The molecular weight excluding hydrogens is 102 g/mol. The van der Waals surface area contributed by atoms with Gasteiger partial charge in [0.05, 0.1) is 6.21 Å². The SMILES string of the molecule is C=C/C=C(O)\C=N/C. The van der Waals surface area contributed by atoms with Crippen LogP contribution >= 0.6 is 0 Å². The highest BCUT2D eigenvalue weighted by molar-refractivity contribution is 5.75. The molecule has 0 unspecified atom stereocenters. The Morgan fingerprint density at radius 1 is 1.75 bits per heavy atom. The fourth-order valence-electron chi connectivity index (χ4n) is 0.296. The lowest BCUT2D eigenvalue weighted by atomic mass is 10.5. The fraction of sp³-hybridized carbons (Fsp3) is 0.167. The van der Waals surface area contributed by atoms with Gasteiger partial charge in [-0.1, -0.05) is 12.7 Å². The normalized spacial score (nSPS) is 12.4. The Hall–Kier alpha value is -1.05. The number of aliphatic imine (C=N–C) groups is 1. The second-order valence-corrected chi connectivity index (χ2v) is 1.21. The van der Waals surface area contributed by atoms with Crippen molar-refractivity contribution in [1.29, 1.82) is 0 Å². The van der Waals surface area contributed by atoms with E-state index in [-0.39, 0.29) is 5.76 Å². The van der Waals surface area contributed by atoms with E-state index in [1.165, 1.54) is 18.4 Å². The van der Waals surface area contributed by atoms with E-state index in [0.29, 0.717) is 0 Å². The lowest BCUT2D eigenvalue weighted by molar-refractivity contribution is 0.446. The molecule has 0 saturated heterocycles. The summed E-state index contributed by atoms with van der Waals surface area (Å²) in [5, 5.41) is 8.69. The molecule has 44 valence electrons. The van der Waals surface area contributed by atoms with Crippen molar-refractivity contribution < 1.29 is 5.11 Å². The molecule has 0 atom stereocenters. The molecule has 2 nitrogen and oxygen atoms in total. The Bertz CT molecular complexity index is 124. The second-order valence-electron chi connectivity index (χ2n) is 1.21. The predicted octanol–water partition coefficient (Wildman–Crippen LogP) is 1.31. The maximum absolute atomic E-state index is 8.69. The third-order valence-corrected chi connectivity index (χ3v) is 0.550. The molecule has 8 heavy (non-hydrogen) atoms. The maximum Gasteiger partial charge on any atom is 0.133 e. The highest BCUT2D eigenvalue weighted by atomic mass is 16.3. The van der Waals surface area contributed by atoms with Gasteiger partial charge in [-0.05, 0) is 6.08 Å². The minimum absolute atomic E-state index is 0.127. The van der Waals surface area contributed by atoms with E-state index in [2.05, 4.69) is 11.6 Å². The van der Waals surface area contributed by atoms with Crippen LogP contribution in [0.3, 0.4) is 0 Å². The molecule has 0 fully saturated rings. The Balaban J connectivity index is 3.79. The van der Waals surface area contributed by atoms with Crippen LogP contribution in [0, 0.1) is 0 Å². The highest BCUT2D eigenvalue weighted by Crippen LogP contribution is 1.80. The van der Waals surface area contributed by atoms with Crippen molar-refractivity contribution in [2.45, 2.75) is 0 Å². The molecule has 0 bridgehead atoms. The summed E-state index contributed by atoms with van der Waals surface area (Å²) in [5.74, 6) is 0.127. The molecule has 2 heteroatoms. The summed E-state index contributed by atoms with van der Waals surface area (Å²) < 4.78 is 0. The van der Waals surface area contributed by atoms with Gasteiger partial charge in [0, 0.05) is 7.05 Å². The number of nitrogens with zero attached hydrogens (tertiary/aromatic N) is 1. The molecule has 0 aromatic carbocycles. The van der Waals surface area contributed by atoms with Crippen LogP contribution in [0.15, 0.2) is 29.5 Å². The number of aliphatic hydroxyl groups excluding tert-OH is 1. The van der Waals surface area contributed by atoms with Gasteiger partial charge in [0.1, 0.15) is 5.76 Å². The first kappa shape index (κ1) is 6.95. The molecule has 0 amide bonds. The summed E-state index contributed by atoms with van der Waals surface area (Å²) in [4.78, 5) is 3.56. The van der Waals surface area contributed by atoms with Gasteiger partial charge < -0.3 is 5.11 Å². The second kappa shape index (κ2) is 4.12. The molecule has 0 saturated carbocycles. The molecule has 0 heterocycles. The summed E-state index contributed by atoms with van der Waals surface area (Å²) in [6, 6.07) is 0. The molecule has 0 aromatic rings. The van der Waals surface area contributed by atoms with E-state index < -0.39 is 0 Å². The van der Waals surface area contributed by atoms with E-state index in [9.17, 15) is 0 Å². The molecule has 0 spiro atoms. The van der Waals surface area contributed by atoms with Gasteiger partial charge in [0.15, 0.2) is 0 Å². The summed E-state index contributed by atoms with van der Waals surface area (Å²) >= 11 is 0. The summed E-state index contributed by atoms with van der Waals surface area (Å²) in [6.45, 7) is 3.38. The van der Waals surface area contributed by atoms with Crippen molar-refractivity contribution in [3.8, 4) is 0 Å². The zero-order chi connectivity index (χ0) is 6.41. The smallest absolute Gasteiger partial charge is 0.133 e. The van der Waals surface area contributed by atoms with Crippen molar-refractivity contribution in [3.63, 3.8) is 0 Å². The van der Waals surface area contributed by atoms with Crippen molar-refractivity contribution in [1.82, 2.24) is 0 Å². The molecule has 0 radical (unpaired) electrons. The van der Waals surface area contributed by atoms with E-state index >= 15 is 0 Å². The molecule has 0 aliphatic heterocycles. The van der Waals surface area contributed by atoms with E-state index in [4.69, 9.17) is 5.11 Å². The monoisotopic (exact) mass is 111 g/mol. The first-order chi connectivity index (χ1) is 3.81. The summed E-state index contributed by atoms with van der Waals surface area (Å²) in [5.41, 5.74) is 0. The average molecular weight is 111 g/mol. The first-order valence-corrected chi connectivity index (χ1v) is 2.25. The molecule has 1 N–H and O–H groups in total. The van der Waals surface area contributed by atoms with Gasteiger partial charge in [-0.15, -0.1) is 0 Å². The van der Waals surface area contributed by atoms with Gasteiger partial charge in [-0.2, -0.15) is 0 Å². The number of hydrogen-bond acceptors (Lipinski definition) is 2. The van der Waals surface area contributed by atoms with Gasteiger partial charge in [-0.25, -0.2) is 0 Å². The quantitative estimate of drug-likeness (QED) is 0.325. The molecular formula is C6H9NO. The molecule has 0 aliphatic carbocycles. The zero-order valence-corrected chi connectivity index (χ0v) is 4.83. The lowest BCUT2D eigenvalue weighted by Crippen LogP contribution is -1.78. The Labute approximate surface area is 48.9 Å². The number of hydrogen-bond donors (Lipinski definition) is 1. The number of rotatable bonds is 2. The Kier molecular flexibility index (Phi) is 3.58.